The van der Waals surface area contributed by atoms with Crippen molar-refractivity contribution in [1.29, 1.82) is 0 Å². The second-order valence-electron chi connectivity index (χ2n) is 5.31. The largest absolute Gasteiger partial charge is 0.370 e. The summed E-state index contributed by atoms with van der Waals surface area (Å²) >= 11 is 0. The van der Waals surface area contributed by atoms with Crippen molar-refractivity contribution in [2.45, 2.75) is 40.2 Å². The van der Waals surface area contributed by atoms with E-state index < -0.39 is 0 Å². The van der Waals surface area contributed by atoms with Crippen LogP contribution in [-0.4, -0.2) is 10.9 Å². The van der Waals surface area contributed by atoms with E-state index in [0.29, 0.717) is 12.5 Å². The zero-order chi connectivity index (χ0) is 15.9. The minimum Gasteiger partial charge on any atom is -0.370 e. The molecule has 0 saturated heterocycles. The van der Waals surface area contributed by atoms with E-state index >= 15 is 0 Å². The van der Waals surface area contributed by atoms with Gasteiger partial charge in [-0.25, -0.2) is 4.99 Å². The topological polar surface area (TPSA) is 63.3 Å². The SMILES string of the molecule is CCc1cccc(CC)c1NC(N)=NCc1cc(C)ccn1. The van der Waals surface area contributed by atoms with Crippen LogP contribution in [0.1, 0.15) is 36.2 Å². The number of anilines is 1. The van der Waals surface area contributed by atoms with Crippen molar-refractivity contribution in [2.24, 2.45) is 10.7 Å². The molecule has 2 aromatic rings. The fraction of sp³-hybridized carbons (Fsp3) is 0.333. The molecule has 0 saturated carbocycles. The Labute approximate surface area is 132 Å². The van der Waals surface area contributed by atoms with Crippen LogP contribution < -0.4 is 11.1 Å². The fourth-order valence-corrected chi connectivity index (χ4v) is 2.42. The maximum atomic E-state index is 6.05. The quantitative estimate of drug-likeness (QED) is 0.656. The highest BCUT2D eigenvalue weighted by molar-refractivity contribution is 5.93. The number of nitrogens with one attached hydrogen (secondary N) is 1. The van der Waals surface area contributed by atoms with Crippen LogP contribution in [0.3, 0.4) is 0 Å². The molecule has 0 bridgehead atoms. The Balaban J connectivity index is 2.14. The molecule has 1 heterocycles. The highest BCUT2D eigenvalue weighted by atomic mass is 15.1. The molecule has 0 amide bonds. The summed E-state index contributed by atoms with van der Waals surface area (Å²) < 4.78 is 0. The number of para-hydroxylation sites is 1. The molecule has 22 heavy (non-hydrogen) atoms. The molecule has 2 rings (SSSR count). The van der Waals surface area contributed by atoms with Gasteiger partial charge in [-0.1, -0.05) is 32.0 Å². The molecular weight excluding hydrogens is 272 g/mol. The van der Waals surface area contributed by atoms with Gasteiger partial charge in [0.1, 0.15) is 0 Å². The maximum Gasteiger partial charge on any atom is 0.193 e. The highest BCUT2D eigenvalue weighted by Gasteiger charge is 2.07. The number of hydrogen-bond acceptors (Lipinski definition) is 2. The average molecular weight is 296 g/mol. The zero-order valence-electron chi connectivity index (χ0n) is 13.6. The number of nitrogens with zero attached hydrogens (tertiary/aromatic N) is 2. The third-order valence-electron chi connectivity index (χ3n) is 3.64. The molecule has 0 spiro atoms. The van der Waals surface area contributed by atoms with Gasteiger partial charge in [-0.15, -0.1) is 0 Å². The molecule has 0 aliphatic carbocycles. The van der Waals surface area contributed by atoms with Gasteiger partial charge in [0.2, 0.25) is 0 Å². The van der Waals surface area contributed by atoms with Crippen LogP contribution >= 0.6 is 0 Å². The van der Waals surface area contributed by atoms with Crippen LogP contribution in [0.5, 0.6) is 0 Å². The second-order valence-corrected chi connectivity index (χ2v) is 5.31. The van der Waals surface area contributed by atoms with Crippen LogP contribution in [0.25, 0.3) is 0 Å². The predicted octanol–water partition coefficient (Wildman–Crippen LogP) is 3.44. The Kier molecular flexibility index (Phi) is 5.53. The number of aliphatic imine (C=N–C) groups is 1. The highest BCUT2D eigenvalue weighted by Crippen LogP contribution is 2.22. The van der Waals surface area contributed by atoms with E-state index in [0.717, 1.165) is 24.2 Å². The Morgan fingerprint density at radius 3 is 2.45 bits per heavy atom. The van der Waals surface area contributed by atoms with E-state index in [4.69, 9.17) is 5.73 Å². The standard InChI is InChI=1S/C18H24N4/c1-4-14-7-6-8-15(5-2)17(14)22-18(19)21-12-16-11-13(3)9-10-20-16/h6-11H,4-5,12H2,1-3H3,(H3,19,21,22). The molecule has 0 aliphatic heterocycles. The molecule has 0 radical (unpaired) electrons. The van der Waals surface area contributed by atoms with Crippen LogP contribution in [0.4, 0.5) is 5.69 Å². The van der Waals surface area contributed by atoms with Gasteiger partial charge in [0, 0.05) is 11.9 Å². The first-order valence-corrected chi connectivity index (χ1v) is 7.73. The molecule has 0 fully saturated rings. The summed E-state index contributed by atoms with van der Waals surface area (Å²) in [6.07, 6.45) is 3.72. The summed E-state index contributed by atoms with van der Waals surface area (Å²) in [6, 6.07) is 10.3. The summed E-state index contributed by atoms with van der Waals surface area (Å²) in [5.74, 6) is 0.430. The van der Waals surface area contributed by atoms with Gasteiger partial charge in [-0.2, -0.15) is 0 Å². The summed E-state index contributed by atoms with van der Waals surface area (Å²) in [5.41, 5.74) is 11.7. The Morgan fingerprint density at radius 2 is 1.86 bits per heavy atom. The third kappa shape index (κ3) is 4.07. The van der Waals surface area contributed by atoms with Crippen molar-refractivity contribution in [2.75, 3.05) is 5.32 Å². The first-order valence-electron chi connectivity index (χ1n) is 7.73. The smallest absolute Gasteiger partial charge is 0.193 e. The molecule has 3 N–H and O–H groups in total. The summed E-state index contributed by atoms with van der Waals surface area (Å²) in [7, 11) is 0. The first-order chi connectivity index (χ1) is 10.6. The van der Waals surface area contributed by atoms with Gasteiger partial charge in [0.15, 0.2) is 5.96 Å². The van der Waals surface area contributed by atoms with Gasteiger partial charge in [-0.05, 0) is 48.6 Å². The van der Waals surface area contributed by atoms with Crippen LogP contribution in [0.15, 0.2) is 41.5 Å². The van der Waals surface area contributed by atoms with Gasteiger partial charge in [0.25, 0.3) is 0 Å². The average Bonchev–Trinajstić information content (AvgIpc) is 2.53. The minimum absolute atomic E-state index is 0.430. The third-order valence-corrected chi connectivity index (χ3v) is 3.64. The van der Waals surface area contributed by atoms with Crippen molar-refractivity contribution in [3.05, 3.63) is 58.9 Å². The van der Waals surface area contributed by atoms with E-state index in [2.05, 4.69) is 47.3 Å². The van der Waals surface area contributed by atoms with E-state index in [1.807, 2.05) is 19.1 Å². The van der Waals surface area contributed by atoms with Crippen molar-refractivity contribution >= 4 is 11.6 Å². The summed E-state index contributed by atoms with van der Waals surface area (Å²) in [6.45, 7) is 6.81. The molecule has 0 atom stereocenters. The minimum atomic E-state index is 0.430. The first kappa shape index (κ1) is 16.0. The molecule has 4 nitrogen and oxygen atoms in total. The van der Waals surface area contributed by atoms with Gasteiger partial charge >= 0.3 is 0 Å². The number of hydrogen-bond donors (Lipinski definition) is 2. The van der Waals surface area contributed by atoms with Crippen LogP contribution in [0, 0.1) is 6.92 Å². The number of rotatable bonds is 5. The van der Waals surface area contributed by atoms with Crippen LogP contribution in [0.2, 0.25) is 0 Å². The van der Waals surface area contributed by atoms with Crippen molar-refractivity contribution in [3.63, 3.8) is 0 Å². The number of pyridine rings is 1. The molecule has 1 aromatic carbocycles. The lowest BCUT2D eigenvalue weighted by Crippen LogP contribution is -2.24. The van der Waals surface area contributed by atoms with Gasteiger partial charge in [0.05, 0.1) is 12.2 Å². The Morgan fingerprint density at radius 1 is 1.18 bits per heavy atom. The second kappa shape index (κ2) is 7.59. The van der Waals surface area contributed by atoms with E-state index in [-0.39, 0.29) is 0 Å². The number of guanidine groups is 1. The molecule has 116 valence electrons. The van der Waals surface area contributed by atoms with E-state index in [1.165, 1.54) is 16.7 Å². The molecule has 0 unspecified atom stereocenters. The van der Waals surface area contributed by atoms with E-state index in [1.54, 1.807) is 6.20 Å². The maximum absolute atomic E-state index is 6.05. The molecule has 4 heteroatoms. The summed E-state index contributed by atoms with van der Waals surface area (Å²) in [5, 5.41) is 3.27. The van der Waals surface area contributed by atoms with Gasteiger partial charge < -0.3 is 11.1 Å². The number of aryl methyl sites for hydroxylation is 3. The Bertz CT molecular complexity index is 640. The lowest BCUT2D eigenvalue weighted by Gasteiger charge is -2.14. The molecule has 1 aromatic heterocycles. The fourth-order valence-electron chi connectivity index (χ4n) is 2.42. The summed E-state index contributed by atoms with van der Waals surface area (Å²) in [4.78, 5) is 8.70. The predicted molar refractivity (Wildman–Crippen MR) is 93.1 cm³/mol. The van der Waals surface area contributed by atoms with Crippen molar-refractivity contribution < 1.29 is 0 Å². The number of benzene rings is 1. The molecule has 0 aliphatic rings. The van der Waals surface area contributed by atoms with E-state index in [9.17, 15) is 0 Å². The Hall–Kier alpha value is -2.36. The molecular formula is C18H24N4. The monoisotopic (exact) mass is 296 g/mol. The lowest BCUT2D eigenvalue weighted by molar-refractivity contribution is 0.978. The number of aromatic nitrogens is 1. The zero-order valence-corrected chi connectivity index (χ0v) is 13.6. The van der Waals surface area contributed by atoms with Crippen LogP contribution in [-0.2, 0) is 19.4 Å². The number of nitrogens with two attached hydrogens (primary N) is 1. The van der Waals surface area contributed by atoms with Crippen molar-refractivity contribution in [1.82, 2.24) is 4.98 Å². The normalized spacial score (nSPS) is 11.5. The van der Waals surface area contributed by atoms with Gasteiger partial charge in [-0.3, -0.25) is 4.98 Å². The lowest BCUT2D eigenvalue weighted by atomic mass is 10.0. The van der Waals surface area contributed by atoms with Crippen molar-refractivity contribution in [3.8, 4) is 0 Å².